The zero-order valence-corrected chi connectivity index (χ0v) is 18.2. The summed E-state index contributed by atoms with van der Waals surface area (Å²) in [6.07, 6.45) is 2.13. The molecule has 0 aliphatic carbocycles. The predicted octanol–water partition coefficient (Wildman–Crippen LogP) is 3.24. The molecule has 0 aliphatic rings. The fraction of sp³-hybridized carbons (Fsp3) is 0.667. The van der Waals surface area contributed by atoms with E-state index >= 15 is 0 Å². The van der Waals surface area contributed by atoms with E-state index in [4.69, 9.17) is 0 Å². The van der Waals surface area contributed by atoms with Crippen LogP contribution >= 0.6 is 0 Å². The van der Waals surface area contributed by atoms with Gasteiger partial charge in [0.25, 0.3) is 0 Å². The Kier molecular flexibility index (Phi) is 11.0. The molecule has 0 aliphatic heterocycles. The lowest BCUT2D eigenvalue weighted by Gasteiger charge is -2.27. The third kappa shape index (κ3) is 7.72. The molecule has 7 heteroatoms. The van der Waals surface area contributed by atoms with E-state index in [1.54, 1.807) is 11.9 Å². The van der Waals surface area contributed by atoms with Gasteiger partial charge in [0, 0.05) is 25.2 Å². The minimum atomic E-state index is -0.534. The average Bonchev–Trinajstić information content (AvgIpc) is 2.66. The van der Waals surface area contributed by atoms with Gasteiger partial charge in [-0.05, 0) is 65.6 Å². The second-order valence-corrected chi connectivity index (χ2v) is 7.28. The summed E-state index contributed by atoms with van der Waals surface area (Å²) in [6, 6.07) is 3.77. The molecule has 160 valence electrons. The van der Waals surface area contributed by atoms with Crippen molar-refractivity contribution in [2.45, 2.75) is 45.7 Å². The van der Waals surface area contributed by atoms with Gasteiger partial charge in [0.15, 0.2) is 5.96 Å². The number of hydrogen-bond acceptors (Lipinski definition) is 3. The van der Waals surface area contributed by atoms with Crippen molar-refractivity contribution in [3.63, 3.8) is 0 Å². The Balaban J connectivity index is 2.61. The zero-order chi connectivity index (χ0) is 21.1. The Morgan fingerprint density at radius 2 is 1.75 bits per heavy atom. The smallest absolute Gasteiger partial charge is 0.191 e. The van der Waals surface area contributed by atoms with Gasteiger partial charge < -0.3 is 20.4 Å². The van der Waals surface area contributed by atoms with Crippen LogP contribution < -0.4 is 10.6 Å². The van der Waals surface area contributed by atoms with Crippen molar-refractivity contribution in [2.75, 3.05) is 47.3 Å². The van der Waals surface area contributed by atoms with E-state index in [9.17, 15) is 8.78 Å². The Hall–Kier alpha value is -1.73. The van der Waals surface area contributed by atoms with Crippen LogP contribution in [0, 0.1) is 11.6 Å². The summed E-state index contributed by atoms with van der Waals surface area (Å²) in [6.45, 7) is 10.0. The fourth-order valence-electron chi connectivity index (χ4n) is 3.23. The summed E-state index contributed by atoms with van der Waals surface area (Å²) >= 11 is 0. The SMILES string of the molecule is CCN(CC)CCCC(C)NC(=NC)NCC(c1c(F)cccc1F)N(C)C. The normalized spacial score (nSPS) is 14.4. The zero-order valence-electron chi connectivity index (χ0n) is 18.2. The van der Waals surface area contributed by atoms with Gasteiger partial charge in [-0.3, -0.25) is 4.99 Å². The van der Waals surface area contributed by atoms with Crippen LogP contribution in [0.15, 0.2) is 23.2 Å². The van der Waals surface area contributed by atoms with E-state index in [-0.39, 0.29) is 11.6 Å². The van der Waals surface area contributed by atoms with Gasteiger partial charge in [-0.15, -0.1) is 0 Å². The molecule has 0 bridgehead atoms. The molecule has 0 fully saturated rings. The van der Waals surface area contributed by atoms with Crippen LogP contribution in [0.1, 0.15) is 45.2 Å². The van der Waals surface area contributed by atoms with Crippen molar-refractivity contribution in [2.24, 2.45) is 4.99 Å². The maximum absolute atomic E-state index is 14.2. The number of nitrogens with one attached hydrogen (secondary N) is 2. The Labute approximate surface area is 169 Å². The molecule has 0 saturated carbocycles. The summed E-state index contributed by atoms with van der Waals surface area (Å²) in [4.78, 5) is 8.46. The third-order valence-corrected chi connectivity index (χ3v) is 5.03. The molecule has 0 saturated heterocycles. The van der Waals surface area contributed by atoms with Crippen molar-refractivity contribution in [3.05, 3.63) is 35.4 Å². The fourth-order valence-corrected chi connectivity index (χ4v) is 3.23. The van der Waals surface area contributed by atoms with Crippen molar-refractivity contribution in [1.29, 1.82) is 0 Å². The van der Waals surface area contributed by atoms with E-state index in [0.717, 1.165) is 32.5 Å². The van der Waals surface area contributed by atoms with Crippen LogP contribution in [0.5, 0.6) is 0 Å². The van der Waals surface area contributed by atoms with Crippen molar-refractivity contribution >= 4 is 5.96 Å². The number of guanidine groups is 1. The number of benzene rings is 1. The quantitative estimate of drug-likeness (QED) is 0.444. The highest BCUT2D eigenvalue weighted by Crippen LogP contribution is 2.23. The van der Waals surface area contributed by atoms with E-state index < -0.39 is 17.7 Å². The number of nitrogens with zero attached hydrogens (tertiary/aromatic N) is 3. The number of likely N-dealkylation sites (N-methyl/N-ethyl adjacent to an activating group) is 1. The lowest BCUT2D eigenvalue weighted by Crippen LogP contribution is -2.45. The van der Waals surface area contributed by atoms with Gasteiger partial charge in [0.05, 0.1) is 6.04 Å². The molecule has 0 heterocycles. The second kappa shape index (κ2) is 12.7. The van der Waals surface area contributed by atoms with Gasteiger partial charge in [0.1, 0.15) is 11.6 Å². The van der Waals surface area contributed by atoms with E-state index in [1.165, 1.54) is 18.2 Å². The van der Waals surface area contributed by atoms with Crippen molar-refractivity contribution < 1.29 is 8.78 Å². The Morgan fingerprint density at radius 3 is 2.25 bits per heavy atom. The summed E-state index contributed by atoms with van der Waals surface area (Å²) in [5.74, 6) is -0.430. The molecule has 1 aromatic rings. The van der Waals surface area contributed by atoms with Crippen LogP contribution in [-0.2, 0) is 0 Å². The number of hydrogen-bond donors (Lipinski definition) is 2. The highest BCUT2D eigenvalue weighted by Gasteiger charge is 2.22. The minimum Gasteiger partial charge on any atom is -0.354 e. The molecule has 0 radical (unpaired) electrons. The third-order valence-electron chi connectivity index (χ3n) is 5.03. The Morgan fingerprint density at radius 1 is 1.14 bits per heavy atom. The molecule has 2 N–H and O–H groups in total. The molecule has 28 heavy (non-hydrogen) atoms. The Bertz CT molecular complexity index is 582. The highest BCUT2D eigenvalue weighted by atomic mass is 19.1. The van der Waals surface area contributed by atoms with Gasteiger partial charge in [0.2, 0.25) is 0 Å². The van der Waals surface area contributed by atoms with Crippen molar-refractivity contribution in [1.82, 2.24) is 20.4 Å². The van der Waals surface area contributed by atoms with E-state index in [2.05, 4.69) is 41.3 Å². The number of rotatable bonds is 11. The van der Waals surface area contributed by atoms with Gasteiger partial charge >= 0.3 is 0 Å². The maximum atomic E-state index is 14.2. The topological polar surface area (TPSA) is 42.9 Å². The van der Waals surface area contributed by atoms with Crippen LogP contribution in [-0.4, -0.2) is 69.1 Å². The second-order valence-electron chi connectivity index (χ2n) is 7.28. The van der Waals surface area contributed by atoms with Gasteiger partial charge in [-0.1, -0.05) is 19.9 Å². The molecule has 0 aromatic heterocycles. The van der Waals surface area contributed by atoms with E-state index in [1.807, 2.05) is 14.1 Å². The van der Waals surface area contributed by atoms with Crippen LogP contribution in [0.2, 0.25) is 0 Å². The summed E-state index contributed by atoms with van der Waals surface area (Å²) in [5.41, 5.74) is 0.0720. The maximum Gasteiger partial charge on any atom is 0.191 e. The van der Waals surface area contributed by atoms with Crippen LogP contribution in [0.25, 0.3) is 0 Å². The number of aliphatic imine (C=N–C) groups is 1. The first-order valence-corrected chi connectivity index (χ1v) is 10.1. The average molecular weight is 398 g/mol. The first-order chi connectivity index (χ1) is 13.3. The lowest BCUT2D eigenvalue weighted by molar-refractivity contribution is 0.281. The van der Waals surface area contributed by atoms with E-state index in [0.29, 0.717) is 12.5 Å². The van der Waals surface area contributed by atoms with Crippen LogP contribution in [0.3, 0.4) is 0 Å². The molecular weight excluding hydrogens is 360 g/mol. The first kappa shape index (κ1) is 24.3. The minimum absolute atomic E-state index is 0.0720. The van der Waals surface area contributed by atoms with Crippen LogP contribution in [0.4, 0.5) is 8.78 Å². The van der Waals surface area contributed by atoms with Gasteiger partial charge in [-0.25, -0.2) is 8.78 Å². The van der Waals surface area contributed by atoms with Gasteiger partial charge in [-0.2, -0.15) is 0 Å². The largest absolute Gasteiger partial charge is 0.354 e. The lowest BCUT2D eigenvalue weighted by atomic mass is 10.0. The molecule has 1 aromatic carbocycles. The molecule has 0 spiro atoms. The number of halogens is 2. The van der Waals surface area contributed by atoms with Crippen molar-refractivity contribution in [3.8, 4) is 0 Å². The summed E-state index contributed by atoms with van der Waals surface area (Å²) in [7, 11) is 5.32. The molecule has 1 rings (SSSR count). The molecular formula is C21H37F2N5. The molecule has 0 amide bonds. The monoisotopic (exact) mass is 397 g/mol. The standard InChI is InChI=1S/C21H37F2N5/c1-7-28(8-2)14-10-11-16(3)26-21(24-4)25-15-19(27(5)6)20-17(22)12-9-13-18(20)23/h9,12-13,16,19H,7-8,10-11,14-15H2,1-6H3,(H2,24,25,26). The molecule has 2 unspecified atom stereocenters. The summed E-state index contributed by atoms with van der Waals surface area (Å²) < 4.78 is 28.4. The first-order valence-electron chi connectivity index (χ1n) is 10.1. The summed E-state index contributed by atoms with van der Waals surface area (Å²) in [5, 5.41) is 6.58. The molecule has 5 nitrogen and oxygen atoms in total. The highest BCUT2D eigenvalue weighted by molar-refractivity contribution is 5.79. The predicted molar refractivity (Wildman–Crippen MR) is 114 cm³/mol. The molecule has 2 atom stereocenters.